The maximum atomic E-state index is 13.5. The first-order chi connectivity index (χ1) is 10.2. The molecule has 1 aromatic rings. The summed E-state index contributed by atoms with van der Waals surface area (Å²) in [5.74, 6) is -0.460. The van der Waals surface area contributed by atoms with E-state index in [0.717, 1.165) is 26.2 Å². The highest BCUT2D eigenvalue weighted by Gasteiger charge is 2.29. The standard InChI is InChI=1S/C16H20BrFN2O/c17-15-13(6-3-7-14(15)18)16(21)20-10-8-19(9-11-20)12-4-1-2-5-12/h3,6-7,12H,1-2,4-5,8-11H2. The highest BCUT2D eigenvalue weighted by molar-refractivity contribution is 9.10. The van der Waals surface area contributed by atoms with E-state index in [1.165, 1.54) is 31.7 Å². The molecule has 1 aromatic carbocycles. The summed E-state index contributed by atoms with van der Waals surface area (Å²) < 4.78 is 13.8. The fourth-order valence-corrected chi connectivity index (χ4v) is 3.83. The van der Waals surface area contributed by atoms with Gasteiger partial charge in [-0.05, 0) is 40.9 Å². The number of benzene rings is 1. The minimum absolute atomic E-state index is 0.0764. The lowest BCUT2D eigenvalue weighted by molar-refractivity contribution is 0.0572. The molecule has 3 nitrogen and oxygen atoms in total. The molecule has 0 unspecified atom stereocenters. The largest absolute Gasteiger partial charge is 0.336 e. The first-order valence-corrected chi connectivity index (χ1v) is 8.43. The number of amides is 1. The molecular weight excluding hydrogens is 335 g/mol. The predicted octanol–water partition coefficient (Wildman–Crippen LogP) is 3.29. The van der Waals surface area contributed by atoms with Crippen molar-refractivity contribution in [3.63, 3.8) is 0 Å². The van der Waals surface area contributed by atoms with Crippen molar-refractivity contribution < 1.29 is 9.18 Å². The second kappa shape index (κ2) is 6.44. The number of hydrogen-bond donors (Lipinski definition) is 0. The number of halogens is 2. The van der Waals surface area contributed by atoms with Gasteiger partial charge in [0.05, 0.1) is 10.0 Å². The first kappa shape index (κ1) is 15.0. The Hall–Kier alpha value is -0.940. The Labute approximate surface area is 133 Å². The minimum Gasteiger partial charge on any atom is -0.336 e. The van der Waals surface area contributed by atoms with E-state index >= 15 is 0 Å². The lowest BCUT2D eigenvalue weighted by atomic mass is 10.1. The molecular formula is C16H20BrFN2O. The zero-order valence-corrected chi connectivity index (χ0v) is 13.6. The van der Waals surface area contributed by atoms with E-state index in [1.807, 2.05) is 4.90 Å². The van der Waals surface area contributed by atoms with Crippen molar-refractivity contribution in [2.24, 2.45) is 0 Å². The van der Waals surface area contributed by atoms with Crippen molar-refractivity contribution in [1.82, 2.24) is 9.80 Å². The Kier molecular flexibility index (Phi) is 4.60. The number of nitrogens with zero attached hydrogens (tertiary/aromatic N) is 2. The summed E-state index contributed by atoms with van der Waals surface area (Å²) in [5.41, 5.74) is 0.421. The lowest BCUT2D eigenvalue weighted by Crippen LogP contribution is -2.51. The van der Waals surface area contributed by atoms with Gasteiger partial charge in [-0.15, -0.1) is 0 Å². The van der Waals surface area contributed by atoms with E-state index in [2.05, 4.69) is 20.8 Å². The van der Waals surface area contributed by atoms with Crippen LogP contribution in [0.3, 0.4) is 0 Å². The molecule has 1 aliphatic carbocycles. The topological polar surface area (TPSA) is 23.6 Å². The lowest BCUT2D eigenvalue weighted by Gasteiger charge is -2.38. The molecule has 0 aromatic heterocycles. The van der Waals surface area contributed by atoms with Gasteiger partial charge in [-0.1, -0.05) is 18.9 Å². The average Bonchev–Trinajstić information content (AvgIpc) is 3.04. The van der Waals surface area contributed by atoms with Gasteiger partial charge in [0.2, 0.25) is 0 Å². The Bertz CT molecular complexity index is 523. The van der Waals surface area contributed by atoms with Crippen LogP contribution in [0.15, 0.2) is 22.7 Å². The summed E-state index contributed by atoms with van der Waals surface area (Å²) in [4.78, 5) is 16.9. The van der Waals surface area contributed by atoms with Crippen LogP contribution in [0.1, 0.15) is 36.0 Å². The summed E-state index contributed by atoms with van der Waals surface area (Å²) in [6, 6.07) is 5.34. The van der Waals surface area contributed by atoms with Crippen LogP contribution < -0.4 is 0 Å². The van der Waals surface area contributed by atoms with Gasteiger partial charge in [-0.25, -0.2) is 4.39 Å². The molecule has 0 radical (unpaired) electrons. The maximum Gasteiger partial charge on any atom is 0.255 e. The summed E-state index contributed by atoms with van der Waals surface area (Å²) in [5, 5.41) is 0. The molecule has 1 aliphatic heterocycles. The summed E-state index contributed by atoms with van der Waals surface area (Å²) in [6.45, 7) is 3.34. The van der Waals surface area contributed by atoms with Crippen LogP contribution in [-0.4, -0.2) is 47.9 Å². The average molecular weight is 355 g/mol. The summed E-state index contributed by atoms with van der Waals surface area (Å²) in [7, 11) is 0. The van der Waals surface area contributed by atoms with Gasteiger partial charge in [-0.3, -0.25) is 9.69 Å². The maximum absolute atomic E-state index is 13.5. The third kappa shape index (κ3) is 3.14. The van der Waals surface area contributed by atoms with Crippen LogP contribution in [0, 0.1) is 5.82 Å². The van der Waals surface area contributed by atoms with Crippen LogP contribution in [0.4, 0.5) is 4.39 Å². The van der Waals surface area contributed by atoms with Crippen molar-refractivity contribution in [2.45, 2.75) is 31.7 Å². The summed E-state index contributed by atoms with van der Waals surface area (Å²) in [6.07, 6.45) is 5.26. The van der Waals surface area contributed by atoms with Gasteiger partial charge >= 0.3 is 0 Å². The van der Waals surface area contributed by atoms with Crippen LogP contribution in [0.25, 0.3) is 0 Å². The Morgan fingerprint density at radius 3 is 2.48 bits per heavy atom. The molecule has 5 heteroatoms. The van der Waals surface area contributed by atoms with Crippen LogP contribution in [-0.2, 0) is 0 Å². The number of piperazine rings is 1. The molecule has 1 amide bonds. The molecule has 21 heavy (non-hydrogen) atoms. The molecule has 0 atom stereocenters. The molecule has 114 valence electrons. The number of hydrogen-bond acceptors (Lipinski definition) is 2. The van der Waals surface area contributed by atoms with Crippen LogP contribution >= 0.6 is 15.9 Å². The van der Waals surface area contributed by atoms with Crippen molar-refractivity contribution in [2.75, 3.05) is 26.2 Å². The molecule has 0 N–H and O–H groups in total. The van der Waals surface area contributed by atoms with E-state index in [9.17, 15) is 9.18 Å². The zero-order valence-electron chi connectivity index (χ0n) is 12.0. The molecule has 2 fully saturated rings. The first-order valence-electron chi connectivity index (χ1n) is 7.64. The van der Waals surface area contributed by atoms with Crippen molar-refractivity contribution in [3.8, 4) is 0 Å². The Morgan fingerprint density at radius 2 is 1.81 bits per heavy atom. The highest BCUT2D eigenvalue weighted by Crippen LogP contribution is 2.26. The second-order valence-corrected chi connectivity index (χ2v) is 6.66. The van der Waals surface area contributed by atoms with Crippen molar-refractivity contribution in [1.29, 1.82) is 0 Å². The van der Waals surface area contributed by atoms with Gasteiger partial charge in [0.15, 0.2) is 0 Å². The fourth-order valence-electron chi connectivity index (χ4n) is 3.40. The third-order valence-corrected chi connectivity index (χ3v) is 5.43. The van der Waals surface area contributed by atoms with E-state index < -0.39 is 0 Å². The molecule has 0 spiro atoms. The Morgan fingerprint density at radius 1 is 1.14 bits per heavy atom. The number of carbonyl (C=O) groups is 1. The molecule has 0 bridgehead atoms. The second-order valence-electron chi connectivity index (χ2n) is 5.87. The van der Waals surface area contributed by atoms with Gasteiger partial charge < -0.3 is 4.90 Å². The SMILES string of the molecule is O=C(c1cccc(F)c1Br)N1CCN(C2CCCC2)CC1. The van der Waals surface area contributed by atoms with Gasteiger partial charge in [-0.2, -0.15) is 0 Å². The van der Waals surface area contributed by atoms with E-state index in [-0.39, 0.29) is 16.2 Å². The quantitative estimate of drug-likeness (QED) is 0.813. The zero-order chi connectivity index (χ0) is 14.8. The van der Waals surface area contributed by atoms with Crippen molar-refractivity contribution >= 4 is 21.8 Å². The van der Waals surface area contributed by atoms with Gasteiger partial charge in [0.1, 0.15) is 5.82 Å². The monoisotopic (exact) mass is 354 g/mol. The van der Waals surface area contributed by atoms with E-state index in [4.69, 9.17) is 0 Å². The molecule has 2 aliphatic rings. The smallest absolute Gasteiger partial charge is 0.255 e. The highest BCUT2D eigenvalue weighted by atomic mass is 79.9. The molecule has 1 saturated carbocycles. The summed E-state index contributed by atoms with van der Waals surface area (Å²) >= 11 is 3.18. The molecule has 1 saturated heterocycles. The number of carbonyl (C=O) groups excluding carboxylic acids is 1. The van der Waals surface area contributed by atoms with E-state index in [0.29, 0.717) is 11.6 Å². The Balaban J connectivity index is 1.63. The minimum atomic E-state index is -0.384. The van der Waals surface area contributed by atoms with E-state index in [1.54, 1.807) is 12.1 Å². The normalized spacial score (nSPS) is 21.0. The molecule has 3 rings (SSSR count). The van der Waals surface area contributed by atoms with Crippen LogP contribution in [0.5, 0.6) is 0 Å². The third-order valence-electron chi connectivity index (χ3n) is 4.62. The predicted molar refractivity (Wildman–Crippen MR) is 83.8 cm³/mol. The van der Waals surface area contributed by atoms with Crippen LogP contribution in [0.2, 0.25) is 0 Å². The molecule has 1 heterocycles. The van der Waals surface area contributed by atoms with Gasteiger partial charge in [0.25, 0.3) is 5.91 Å². The van der Waals surface area contributed by atoms with Crippen molar-refractivity contribution in [3.05, 3.63) is 34.1 Å². The number of rotatable bonds is 2. The van der Waals surface area contributed by atoms with Gasteiger partial charge in [0, 0.05) is 32.2 Å². The fraction of sp³-hybridized carbons (Fsp3) is 0.562.